The Morgan fingerprint density at radius 2 is 1.79 bits per heavy atom. The van der Waals surface area contributed by atoms with Gasteiger partial charge in [-0.05, 0) is 48.4 Å². The second-order valence-electron chi connectivity index (χ2n) is 9.53. The standard InChI is InChI=1S/C31H31N3O4/c1-22-27-8-3-4-9-28(27)38-30(22)31(35)34-16-14-33(15-17-34)20-29(25-6-5-7-26(18-25)36-2)37-21-24-12-10-23(19-32)11-13-24/h3-13,18,29H,14-17,20-21H2,1-2H3. The highest BCUT2D eigenvalue weighted by atomic mass is 16.5. The van der Waals surface area contributed by atoms with Crippen LogP contribution in [0.15, 0.2) is 77.2 Å². The predicted octanol–water partition coefficient (Wildman–Crippen LogP) is 5.34. The second-order valence-corrected chi connectivity index (χ2v) is 9.53. The highest BCUT2D eigenvalue weighted by Gasteiger charge is 2.28. The number of hydrogen-bond donors (Lipinski definition) is 0. The topological polar surface area (TPSA) is 78.9 Å². The SMILES string of the molecule is COc1cccc(C(CN2CCN(C(=O)c3oc4ccccc4c3C)CC2)OCc2ccc(C#N)cc2)c1. The van der Waals surface area contributed by atoms with E-state index in [1.807, 2.05) is 66.4 Å². The number of nitriles is 1. The Bertz CT molecular complexity index is 1450. The van der Waals surface area contributed by atoms with Crippen molar-refractivity contribution in [1.82, 2.24) is 9.80 Å². The molecular formula is C31H31N3O4. The molecule has 1 aromatic heterocycles. The van der Waals surface area contributed by atoms with Crippen LogP contribution in [0.1, 0.15) is 38.9 Å². The number of piperazine rings is 1. The quantitative estimate of drug-likeness (QED) is 0.319. The fourth-order valence-corrected chi connectivity index (χ4v) is 4.86. The number of benzene rings is 3. The molecule has 2 heterocycles. The number of ether oxygens (including phenoxy) is 2. The van der Waals surface area contributed by atoms with Crippen LogP contribution in [0.25, 0.3) is 11.0 Å². The molecule has 194 valence electrons. The molecule has 1 saturated heterocycles. The number of furan rings is 1. The normalized spacial score (nSPS) is 14.8. The summed E-state index contributed by atoms with van der Waals surface area (Å²) in [5.41, 5.74) is 4.31. The van der Waals surface area contributed by atoms with Gasteiger partial charge in [-0.15, -0.1) is 0 Å². The summed E-state index contributed by atoms with van der Waals surface area (Å²) in [4.78, 5) is 17.5. The molecule has 1 fully saturated rings. The fourth-order valence-electron chi connectivity index (χ4n) is 4.86. The Kier molecular flexibility index (Phi) is 7.73. The molecule has 1 atom stereocenters. The average molecular weight is 510 g/mol. The largest absolute Gasteiger partial charge is 0.497 e. The first-order chi connectivity index (χ1) is 18.6. The molecule has 0 saturated carbocycles. The fraction of sp³-hybridized carbons (Fsp3) is 0.290. The molecule has 1 aliphatic heterocycles. The van der Waals surface area contributed by atoms with Gasteiger partial charge in [-0.1, -0.05) is 42.5 Å². The minimum atomic E-state index is -0.180. The van der Waals surface area contributed by atoms with Gasteiger partial charge < -0.3 is 18.8 Å². The molecule has 3 aromatic carbocycles. The van der Waals surface area contributed by atoms with E-state index in [2.05, 4.69) is 17.0 Å². The second kappa shape index (κ2) is 11.5. The van der Waals surface area contributed by atoms with Crippen molar-refractivity contribution in [3.8, 4) is 11.8 Å². The van der Waals surface area contributed by atoms with Gasteiger partial charge in [0.15, 0.2) is 5.76 Å². The lowest BCUT2D eigenvalue weighted by Crippen LogP contribution is -2.49. The van der Waals surface area contributed by atoms with E-state index < -0.39 is 0 Å². The molecule has 0 aliphatic carbocycles. The van der Waals surface area contributed by atoms with E-state index >= 15 is 0 Å². The van der Waals surface area contributed by atoms with Crippen LogP contribution in [0.4, 0.5) is 0 Å². The van der Waals surface area contributed by atoms with Gasteiger partial charge in [0.1, 0.15) is 11.3 Å². The van der Waals surface area contributed by atoms with Crippen molar-refractivity contribution in [1.29, 1.82) is 5.26 Å². The van der Waals surface area contributed by atoms with Gasteiger partial charge in [0.25, 0.3) is 5.91 Å². The number of nitrogens with zero attached hydrogens (tertiary/aromatic N) is 3. The molecule has 7 heteroatoms. The van der Waals surface area contributed by atoms with Gasteiger partial charge in [0, 0.05) is 43.7 Å². The van der Waals surface area contributed by atoms with E-state index in [0.717, 1.165) is 46.5 Å². The van der Waals surface area contributed by atoms with E-state index in [1.54, 1.807) is 19.2 Å². The van der Waals surface area contributed by atoms with Crippen LogP contribution in [0, 0.1) is 18.3 Å². The summed E-state index contributed by atoms with van der Waals surface area (Å²) in [5.74, 6) is 1.16. The lowest BCUT2D eigenvalue weighted by molar-refractivity contribution is 0.00302. The zero-order chi connectivity index (χ0) is 26.5. The van der Waals surface area contributed by atoms with Gasteiger partial charge in [0.05, 0.1) is 31.5 Å². The Labute approximate surface area is 222 Å². The number of hydrogen-bond acceptors (Lipinski definition) is 6. The molecule has 0 spiro atoms. The van der Waals surface area contributed by atoms with Crippen LogP contribution in [-0.2, 0) is 11.3 Å². The first-order valence-corrected chi connectivity index (χ1v) is 12.8. The van der Waals surface area contributed by atoms with Crippen molar-refractivity contribution in [3.63, 3.8) is 0 Å². The lowest BCUT2D eigenvalue weighted by Gasteiger charge is -2.36. The Morgan fingerprint density at radius 1 is 1.03 bits per heavy atom. The summed E-state index contributed by atoms with van der Waals surface area (Å²) >= 11 is 0. The number of methoxy groups -OCH3 is 1. The Balaban J connectivity index is 1.25. The summed E-state index contributed by atoms with van der Waals surface area (Å²) in [6.45, 7) is 5.79. The summed E-state index contributed by atoms with van der Waals surface area (Å²) in [7, 11) is 1.66. The number of fused-ring (bicyclic) bond motifs is 1. The number of amides is 1. The van der Waals surface area contributed by atoms with Crippen molar-refractivity contribution in [2.75, 3.05) is 39.8 Å². The average Bonchev–Trinajstić information content (AvgIpc) is 3.31. The molecule has 0 bridgehead atoms. The van der Waals surface area contributed by atoms with E-state index in [0.29, 0.717) is 37.6 Å². The molecular weight excluding hydrogens is 478 g/mol. The number of para-hydroxylation sites is 1. The first-order valence-electron chi connectivity index (χ1n) is 12.8. The van der Waals surface area contributed by atoms with Gasteiger partial charge >= 0.3 is 0 Å². The van der Waals surface area contributed by atoms with E-state index in [4.69, 9.17) is 19.2 Å². The zero-order valence-electron chi connectivity index (χ0n) is 21.7. The van der Waals surface area contributed by atoms with E-state index in [-0.39, 0.29) is 12.0 Å². The third-order valence-corrected chi connectivity index (χ3v) is 7.12. The third kappa shape index (κ3) is 5.57. The van der Waals surface area contributed by atoms with Gasteiger partial charge in [-0.25, -0.2) is 0 Å². The summed E-state index contributed by atoms with van der Waals surface area (Å²) < 4.78 is 17.8. The van der Waals surface area contributed by atoms with Crippen molar-refractivity contribution < 1.29 is 18.7 Å². The van der Waals surface area contributed by atoms with Gasteiger partial charge in [0.2, 0.25) is 0 Å². The summed E-state index contributed by atoms with van der Waals surface area (Å²) in [6, 6.07) is 25.3. The highest BCUT2D eigenvalue weighted by molar-refractivity contribution is 5.99. The maximum atomic E-state index is 13.3. The maximum Gasteiger partial charge on any atom is 0.289 e. The minimum Gasteiger partial charge on any atom is -0.497 e. The number of carbonyl (C=O) groups excluding carboxylic acids is 1. The van der Waals surface area contributed by atoms with Crippen molar-refractivity contribution in [2.24, 2.45) is 0 Å². The van der Waals surface area contributed by atoms with Crippen molar-refractivity contribution in [2.45, 2.75) is 19.6 Å². The van der Waals surface area contributed by atoms with E-state index in [1.165, 1.54) is 0 Å². The molecule has 1 unspecified atom stereocenters. The molecule has 5 rings (SSSR count). The number of rotatable bonds is 8. The Hall–Kier alpha value is -4.12. The molecule has 38 heavy (non-hydrogen) atoms. The van der Waals surface area contributed by atoms with Crippen LogP contribution < -0.4 is 4.74 Å². The van der Waals surface area contributed by atoms with Crippen LogP contribution >= 0.6 is 0 Å². The minimum absolute atomic E-state index is 0.0558. The maximum absolute atomic E-state index is 13.3. The van der Waals surface area contributed by atoms with Crippen molar-refractivity contribution >= 4 is 16.9 Å². The highest BCUT2D eigenvalue weighted by Crippen LogP contribution is 2.28. The smallest absolute Gasteiger partial charge is 0.289 e. The monoisotopic (exact) mass is 509 g/mol. The summed E-state index contributed by atoms with van der Waals surface area (Å²) in [5, 5.41) is 10.0. The van der Waals surface area contributed by atoms with Crippen LogP contribution in [0.2, 0.25) is 0 Å². The molecule has 0 radical (unpaired) electrons. The Morgan fingerprint density at radius 3 is 2.50 bits per heavy atom. The predicted molar refractivity (Wildman–Crippen MR) is 145 cm³/mol. The summed E-state index contributed by atoms with van der Waals surface area (Å²) in [6.07, 6.45) is -0.180. The lowest BCUT2D eigenvalue weighted by atomic mass is 10.1. The first kappa shape index (κ1) is 25.5. The van der Waals surface area contributed by atoms with Crippen LogP contribution in [0.5, 0.6) is 5.75 Å². The van der Waals surface area contributed by atoms with Crippen LogP contribution in [0.3, 0.4) is 0 Å². The number of carbonyl (C=O) groups is 1. The van der Waals surface area contributed by atoms with Gasteiger partial charge in [-0.2, -0.15) is 5.26 Å². The zero-order valence-corrected chi connectivity index (χ0v) is 21.7. The van der Waals surface area contributed by atoms with Gasteiger partial charge in [-0.3, -0.25) is 9.69 Å². The van der Waals surface area contributed by atoms with E-state index in [9.17, 15) is 4.79 Å². The molecule has 1 aliphatic rings. The molecule has 7 nitrogen and oxygen atoms in total. The van der Waals surface area contributed by atoms with Crippen LogP contribution in [-0.4, -0.2) is 55.5 Å². The third-order valence-electron chi connectivity index (χ3n) is 7.12. The molecule has 0 N–H and O–H groups in total. The number of aryl methyl sites for hydroxylation is 1. The van der Waals surface area contributed by atoms with Crippen molar-refractivity contribution in [3.05, 3.63) is 101 Å². The molecule has 1 amide bonds. The molecule has 4 aromatic rings.